The van der Waals surface area contributed by atoms with E-state index in [1.54, 1.807) is 6.07 Å². The van der Waals surface area contributed by atoms with Crippen LogP contribution in [0.15, 0.2) is 71.1 Å². The van der Waals surface area contributed by atoms with Crippen LogP contribution in [-0.2, 0) is 13.2 Å². The lowest BCUT2D eigenvalue weighted by molar-refractivity contribution is 0.0593. The van der Waals surface area contributed by atoms with Gasteiger partial charge in [-0.3, -0.25) is 9.69 Å². The van der Waals surface area contributed by atoms with Crippen molar-refractivity contribution in [1.29, 1.82) is 0 Å². The largest absolute Gasteiger partial charge is 0.485 e. The molecule has 2 aromatic heterocycles. The van der Waals surface area contributed by atoms with Crippen LogP contribution in [0.3, 0.4) is 0 Å². The maximum Gasteiger partial charge on any atom is 0.289 e. The van der Waals surface area contributed by atoms with E-state index in [1.165, 1.54) is 5.56 Å². The number of para-hydroxylation sites is 2. The SMILES string of the molecule is Cc1ccccc1OCc1ccc(C(=O)N2CCN(Cc3c(C)nn(-c4ccccc4)c3C)CC2)o1. The molecular formula is C29H32N4O3. The van der Waals surface area contributed by atoms with Gasteiger partial charge in [0.15, 0.2) is 5.76 Å². The normalized spacial score (nSPS) is 14.2. The second-order valence-electron chi connectivity index (χ2n) is 9.29. The molecule has 5 rings (SSSR count). The van der Waals surface area contributed by atoms with Crippen molar-refractivity contribution >= 4 is 5.91 Å². The van der Waals surface area contributed by atoms with Crippen molar-refractivity contribution in [1.82, 2.24) is 19.6 Å². The molecule has 36 heavy (non-hydrogen) atoms. The number of amides is 1. The van der Waals surface area contributed by atoms with Crippen LogP contribution in [0.5, 0.6) is 5.75 Å². The van der Waals surface area contributed by atoms with Crippen molar-refractivity contribution in [3.8, 4) is 11.4 Å². The lowest BCUT2D eigenvalue weighted by atomic mass is 10.1. The molecule has 1 saturated heterocycles. The van der Waals surface area contributed by atoms with Crippen LogP contribution in [0.4, 0.5) is 0 Å². The topological polar surface area (TPSA) is 63.7 Å². The van der Waals surface area contributed by atoms with E-state index >= 15 is 0 Å². The van der Waals surface area contributed by atoms with E-state index in [9.17, 15) is 4.79 Å². The summed E-state index contributed by atoms with van der Waals surface area (Å²) in [5.74, 6) is 1.75. The quantitative estimate of drug-likeness (QED) is 0.372. The molecule has 7 nitrogen and oxygen atoms in total. The van der Waals surface area contributed by atoms with Gasteiger partial charge in [0.05, 0.1) is 11.4 Å². The van der Waals surface area contributed by atoms with E-state index in [2.05, 4.69) is 30.9 Å². The third-order valence-electron chi connectivity index (χ3n) is 6.82. The molecule has 1 fully saturated rings. The van der Waals surface area contributed by atoms with Crippen LogP contribution in [0.25, 0.3) is 5.69 Å². The van der Waals surface area contributed by atoms with Gasteiger partial charge in [-0.1, -0.05) is 36.4 Å². The monoisotopic (exact) mass is 484 g/mol. The summed E-state index contributed by atoms with van der Waals surface area (Å²) in [4.78, 5) is 17.3. The number of carbonyl (C=O) groups excluding carboxylic acids is 1. The zero-order valence-corrected chi connectivity index (χ0v) is 21.1. The van der Waals surface area contributed by atoms with Crippen LogP contribution in [-0.4, -0.2) is 51.7 Å². The number of furan rings is 1. The number of piperazine rings is 1. The van der Waals surface area contributed by atoms with Gasteiger partial charge in [0.1, 0.15) is 18.1 Å². The van der Waals surface area contributed by atoms with E-state index in [0.717, 1.165) is 48.0 Å². The number of hydrogen-bond donors (Lipinski definition) is 0. The van der Waals surface area contributed by atoms with Gasteiger partial charge in [-0.25, -0.2) is 4.68 Å². The minimum Gasteiger partial charge on any atom is -0.485 e. The van der Waals surface area contributed by atoms with E-state index in [1.807, 2.05) is 65.0 Å². The maximum atomic E-state index is 13.0. The second-order valence-corrected chi connectivity index (χ2v) is 9.29. The summed E-state index contributed by atoms with van der Waals surface area (Å²) < 4.78 is 13.7. The first-order valence-corrected chi connectivity index (χ1v) is 12.4. The average Bonchev–Trinajstić information content (AvgIpc) is 3.49. The molecule has 0 saturated carbocycles. The number of carbonyl (C=O) groups is 1. The van der Waals surface area contributed by atoms with E-state index in [4.69, 9.17) is 14.3 Å². The van der Waals surface area contributed by atoms with E-state index in [-0.39, 0.29) is 5.91 Å². The standard InChI is InChI=1S/C29H32N4O3/c1-21-9-7-8-12-27(21)35-20-25-13-14-28(36-25)29(34)32-17-15-31(16-18-32)19-26-22(2)30-33(23(26)3)24-10-5-4-6-11-24/h4-14H,15-20H2,1-3H3. The lowest BCUT2D eigenvalue weighted by Gasteiger charge is -2.34. The van der Waals surface area contributed by atoms with Crippen LogP contribution in [0.1, 0.15) is 38.8 Å². The Bertz CT molecular complexity index is 1330. The molecular weight excluding hydrogens is 452 g/mol. The Morgan fingerprint density at radius 1 is 0.917 bits per heavy atom. The van der Waals surface area contributed by atoms with E-state index < -0.39 is 0 Å². The third kappa shape index (κ3) is 5.06. The number of aromatic nitrogens is 2. The zero-order valence-electron chi connectivity index (χ0n) is 21.1. The molecule has 0 radical (unpaired) electrons. The molecule has 0 bridgehead atoms. The van der Waals surface area contributed by atoms with Crippen molar-refractivity contribution in [2.75, 3.05) is 26.2 Å². The highest BCUT2D eigenvalue weighted by atomic mass is 16.5. The molecule has 1 aliphatic heterocycles. The molecule has 0 unspecified atom stereocenters. The smallest absolute Gasteiger partial charge is 0.289 e. The highest BCUT2D eigenvalue weighted by molar-refractivity contribution is 5.91. The maximum absolute atomic E-state index is 13.0. The van der Waals surface area contributed by atoms with Gasteiger partial charge < -0.3 is 14.1 Å². The average molecular weight is 485 g/mol. The van der Waals surface area contributed by atoms with Gasteiger partial charge in [-0.05, 0) is 56.7 Å². The summed E-state index contributed by atoms with van der Waals surface area (Å²) in [6.07, 6.45) is 0. The molecule has 0 spiro atoms. The summed E-state index contributed by atoms with van der Waals surface area (Å²) in [6, 6.07) is 21.6. The summed E-state index contributed by atoms with van der Waals surface area (Å²) in [5, 5.41) is 4.77. The molecule has 0 N–H and O–H groups in total. The van der Waals surface area contributed by atoms with Gasteiger partial charge in [0.2, 0.25) is 0 Å². The Balaban J connectivity index is 1.16. The first kappa shape index (κ1) is 23.9. The third-order valence-corrected chi connectivity index (χ3v) is 6.82. The van der Waals surface area contributed by atoms with Gasteiger partial charge >= 0.3 is 0 Å². The number of benzene rings is 2. The zero-order chi connectivity index (χ0) is 25.1. The van der Waals surface area contributed by atoms with Crippen LogP contribution in [0, 0.1) is 20.8 Å². The fourth-order valence-electron chi connectivity index (χ4n) is 4.65. The van der Waals surface area contributed by atoms with Gasteiger partial charge in [-0.15, -0.1) is 0 Å². The Morgan fingerprint density at radius 2 is 1.64 bits per heavy atom. The molecule has 3 heterocycles. The van der Waals surface area contributed by atoms with Gasteiger partial charge in [0.25, 0.3) is 5.91 Å². The Labute approximate surface area is 211 Å². The Hall–Kier alpha value is -3.84. The first-order chi connectivity index (χ1) is 17.5. The lowest BCUT2D eigenvalue weighted by Crippen LogP contribution is -2.48. The highest BCUT2D eigenvalue weighted by Crippen LogP contribution is 2.22. The summed E-state index contributed by atoms with van der Waals surface area (Å²) in [5.41, 5.74) is 5.60. The number of aryl methyl sites for hydroxylation is 2. The van der Waals surface area contributed by atoms with Crippen molar-refractivity contribution in [2.45, 2.75) is 33.9 Å². The molecule has 1 amide bonds. The molecule has 7 heteroatoms. The molecule has 186 valence electrons. The van der Waals surface area contributed by atoms with Crippen molar-refractivity contribution in [3.05, 3.63) is 101 Å². The fourth-order valence-corrected chi connectivity index (χ4v) is 4.65. The number of nitrogens with zero attached hydrogens (tertiary/aromatic N) is 4. The Kier molecular flexibility index (Phi) is 6.91. The van der Waals surface area contributed by atoms with Crippen LogP contribution >= 0.6 is 0 Å². The van der Waals surface area contributed by atoms with Crippen LogP contribution in [0.2, 0.25) is 0 Å². The highest BCUT2D eigenvalue weighted by Gasteiger charge is 2.25. The van der Waals surface area contributed by atoms with Gasteiger partial charge in [0, 0.05) is 44.0 Å². The van der Waals surface area contributed by atoms with Crippen molar-refractivity contribution in [2.24, 2.45) is 0 Å². The molecule has 4 aromatic rings. The van der Waals surface area contributed by atoms with Gasteiger partial charge in [-0.2, -0.15) is 5.10 Å². The summed E-state index contributed by atoms with van der Waals surface area (Å²) >= 11 is 0. The predicted octanol–water partition coefficient (Wildman–Crippen LogP) is 4.93. The second kappa shape index (κ2) is 10.4. The first-order valence-electron chi connectivity index (χ1n) is 12.4. The minimum absolute atomic E-state index is 0.0685. The van der Waals surface area contributed by atoms with E-state index in [0.29, 0.717) is 31.2 Å². The predicted molar refractivity (Wildman–Crippen MR) is 138 cm³/mol. The Morgan fingerprint density at radius 3 is 2.39 bits per heavy atom. The van der Waals surface area contributed by atoms with Crippen LogP contribution < -0.4 is 4.74 Å². The molecule has 0 atom stereocenters. The number of hydrogen-bond acceptors (Lipinski definition) is 5. The minimum atomic E-state index is -0.0685. The summed E-state index contributed by atoms with van der Waals surface area (Å²) in [6.45, 7) is 10.3. The fraction of sp³-hybridized carbons (Fsp3) is 0.310. The molecule has 1 aliphatic rings. The summed E-state index contributed by atoms with van der Waals surface area (Å²) in [7, 11) is 0. The number of ether oxygens (including phenoxy) is 1. The number of rotatable bonds is 7. The molecule has 2 aromatic carbocycles. The van der Waals surface area contributed by atoms with Crippen molar-refractivity contribution in [3.63, 3.8) is 0 Å². The molecule has 0 aliphatic carbocycles. The van der Waals surface area contributed by atoms with Crippen molar-refractivity contribution < 1.29 is 13.9 Å².